The SMILES string of the molecule is CC(C)(C)OC(=O)N1CC=C(c2cc(N(COCC[Si](C)(C)C)COCC[Si](C)(C)C)n3nccc3n2)CC1.CC(C)(C)OC(=O)N1CCC(c2cc(N(COCC[Si](C)(C)C)COCC[Si](C)(C)C)n3nccc3n2)CC1.[HH]. The van der Waals surface area contributed by atoms with Crippen LogP contribution in [-0.2, 0) is 28.4 Å². The van der Waals surface area contributed by atoms with Crippen LogP contribution >= 0.6 is 0 Å². The van der Waals surface area contributed by atoms with Gasteiger partial charge in [-0.05, 0) is 90.6 Å². The number of rotatable bonds is 24. The van der Waals surface area contributed by atoms with Crippen molar-refractivity contribution in [2.24, 2.45) is 0 Å². The van der Waals surface area contributed by atoms with E-state index in [1.54, 1.807) is 17.3 Å². The van der Waals surface area contributed by atoms with Gasteiger partial charge < -0.3 is 48.0 Å². The van der Waals surface area contributed by atoms with E-state index in [9.17, 15) is 9.59 Å². The van der Waals surface area contributed by atoms with Gasteiger partial charge in [0.25, 0.3) is 0 Å². The Morgan fingerprint density at radius 2 is 0.974 bits per heavy atom. The fourth-order valence-corrected chi connectivity index (χ4v) is 11.3. The third kappa shape index (κ3) is 22.8. The van der Waals surface area contributed by atoms with Crippen molar-refractivity contribution in [3.8, 4) is 0 Å². The average molecular weight is 1160 g/mol. The largest absolute Gasteiger partial charge is 0.444 e. The molecule has 1 fully saturated rings. The zero-order chi connectivity index (χ0) is 57.7. The number of hydrogen-bond donors (Lipinski definition) is 0. The highest BCUT2D eigenvalue weighted by Crippen LogP contribution is 2.32. The molecule has 440 valence electrons. The lowest BCUT2D eigenvalue weighted by atomic mass is 9.93. The Balaban J connectivity index is 0.000000336. The standard InChI is InChI=1S/C28H51N5O4Si2.C28H49N5O4Si2.H2/c2*1-28(2,3)37-27(34)31-14-11-23(12-15-31)24-20-26(33-25(30-24)10-13-29-33)32(21-35-16-18-38(4,5)6)22-36-17-19-39(7,8)9;/h10,13,20,23H,11-12,14-19,21-22H2,1-9H3;10-11,13,20H,12,14-19,21-22H2,1-9H3;1H. The molecule has 1 saturated heterocycles. The third-order valence-corrected chi connectivity index (χ3v) is 19.9. The first kappa shape index (κ1) is 64.6. The molecule has 6 heterocycles. The first-order valence-corrected chi connectivity index (χ1v) is 43.2. The summed E-state index contributed by atoms with van der Waals surface area (Å²) in [5, 5.41) is 9.13. The van der Waals surface area contributed by atoms with Crippen LogP contribution in [0.25, 0.3) is 16.9 Å². The van der Waals surface area contributed by atoms with Crippen LogP contribution in [0.1, 0.15) is 79.5 Å². The maximum Gasteiger partial charge on any atom is 0.410 e. The predicted octanol–water partition coefficient (Wildman–Crippen LogP) is 12.7. The molecule has 18 nitrogen and oxygen atoms in total. The highest BCUT2D eigenvalue weighted by molar-refractivity contribution is 6.77. The maximum absolute atomic E-state index is 12.6. The van der Waals surface area contributed by atoms with Crippen LogP contribution in [0.2, 0.25) is 103 Å². The Hall–Kier alpha value is -4.17. The van der Waals surface area contributed by atoms with Crippen LogP contribution in [0.4, 0.5) is 21.2 Å². The molecule has 6 rings (SSSR count). The van der Waals surface area contributed by atoms with Crippen molar-refractivity contribution in [2.45, 2.75) is 181 Å². The molecule has 0 saturated carbocycles. The van der Waals surface area contributed by atoms with Crippen LogP contribution in [0, 0.1) is 0 Å². The van der Waals surface area contributed by atoms with E-state index in [4.69, 9.17) is 38.4 Å². The molecule has 0 aromatic carbocycles. The van der Waals surface area contributed by atoms with E-state index >= 15 is 0 Å². The minimum atomic E-state index is -1.19. The molecule has 2 aliphatic heterocycles. The lowest BCUT2D eigenvalue weighted by Gasteiger charge is -2.33. The Morgan fingerprint density at radius 3 is 1.36 bits per heavy atom. The fourth-order valence-electron chi connectivity index (χ4n) is 8.27. The quantitative estimate of drug-likeness (QED) is 0.0370. The monoisotopic (exact) mass is 1150 g/mol. The Kier molecular flexibility index (Phi) is 23.2. The van der Waals surface area contributed by atoms with E-state index in [0.29, 0.717) is 59.5 Å². The molecule has 2 aliphatic rings. The molecule has 78 heavy (non-hydrogen) atoms. The van der Waals surface area contributed by atoms with Crippen molar-refractivity contribution < 1.29 is 39.4 Å². The molecule has 4 aromatic rings. The molecule has 0 bridgehead atoms. The lowest BCUT2D eigenvalue weighted by Crippen LogP contribution is -2.41. The minimum Gasteiger partial charge on any atom is -0.444 e. The van der Waals surface area contributed by atoms with Crippen molar-refractivity contribution in [3.05, 3.63) is 54.1 Å². The van der Waals surface area contributed by atoms with E-state index in [1.807, 2.05) is 67.6 Å². The summed E-state index contributed by atoms with van der Waals surface area (Å²) >= 11 is 0. The van der Waals surface area contributed by atoms with Gasteiger partial charge in [-0.25, -0.2) is 19.6 Å². The van der Waals surface area contributed by atoms with Crippen LogP contribution in [0.3, 0.4) is 0 Å². The van der Waals surface area contributed by atoms with Gasteiger partial charge in [0.2, 0.25) is 0 Å². The lowest BCUT2D eigenvalue weighted by molar-refractivity contribution is 0.0202. The first-order chi connectivity index (χ1) is 36.2. The van der Waals surface area contributed by atoms with Crippen LogP contribution in [0.5, 0.6) is 0 Å². The number of carbonyl (C=O) groups is 2. The molecular formula is C56H102N10O8Si4. The normalized spacial score (nSPS) is 15.3. The number of aromatic nitrogens is 6. The van der Waals surface area contributed by atoms with Crippen molar-refractivity contribution in [1.29, 1.82) is 0 Å². The Bertz CT molecular complexity index is 2510. The van der Waals surface area contributed by atoms with Gasteiger partial charge in [-0.1, -0.05) is 84.6 Å². The summed E-state index contributed by atoms with van der Waals surface area (Å²) in [5.74, 6) is 2.07. The molecule has 4 aromatic heterocycles. The highest BCUT2D eigenvalue weighted by atomic mass is 28.3. The Labute approximate surface area is 473 Å². The summed E-state index contributed by atoms with van der Waals surface area (Å²) in [6.07, 6.45) is 7.50. The summed E-state index contributed by atoms with van der Waals surface area (Å²) in [6.45, 7) is 46.8. The highest BCUT2D eigenvalue weighted by Gasteiger charge is 2.30. The van der Waals surface area contributed by atoms with Gasteiger partial charge in [-0.3, -0.25) is 0 Å². The number of likely N-dealkylation sites (tertiary alicyclic amines) is 1. The Morgan fingerprint density at radius 1 is 0.577 bits per heavy atom. The number of amides is 2. The topological polar surface area (TPSA) is 163 Å². The van der Waals surface area contributed by atoms with Gasteiger partial charge in [0, 0.05) is 122 Å². The predicted molar refractivity (Wildman–Crippen MR) is 329 cm³/mol. The minimum absolute atomic E-state index is 0. The number of carbonyl (C=O) groups excluding carboxylic acids is 2. The number of ether oxygens (including phenoxy) is 6. The van der Waals surface area contributed by atoms with E-state index < -0.39 is 43.5 Å². The number of anilines is 2. The number of nitrogens with zero attached hydrogens (tertiary/aromatic N) is 10. The summed E-state index contributed by atoms with van der Waals surface area (Å²) in [5.41, 5.74) is 3.60. The van der Waals surface area contributed by atoms with E-state index in [2.05, 4.69) is 117 Å². The van der Waals surface area contributed by atoms with Crippen LogP contribution in [-0.4, -0.2) is 174 Å². The van der Waals surface area contributed by atoms with Gasteiger partial charge in [0.05, 0.1) is 18.1 Å². The molecule has 22 heteroatoms. The zero-order valence-corrected chi connectivity index (χ0v) is 55.3. The number of piperidine rings is 1. The van der Waals surface area contributed by atoms with E-state index in [-0.39, 0.29) is 19.5 Å². The van der Waals surface area contributed by atoms with Crippen LogP contribution in [0.15, 0.2) is 42.7 Å². The second-order valence-electron chi connectivity index (χ2n) is 27.9. The van der Waals surface area contributed by atoms with Gasteiger partial charge >= 0.3 is 12.2 Å². The molecule has 0 atom stereocenters. The van der Waals surface area contributed by atoms with Crippen molar-refractivity contribution >= 4 is 73.0 Å². The van der Waals surface area contributed by atoms with Crippen LogP contribution < -0.4 is 9.80 Å². The molecule has 0 spiro atoms. The smallest absolute Gasteiger partial charge is 0.410 e. The van der Waals surface area contributed by atoms with E-state index in [0.717, 1.165) is 103 Å². The second-order valence-corrected chi connectivity index (χ2v) is 50.3. The molecule has 0 aliphatic carbocycles. The molecule has 2 amide bonds. The molecule has 0 radical (unpaired) electrons. The van der Waals surface area contributed by atoms with Gasteiger partial charge in [-0.15, -0.1) is 0 Å². The summed E-state index contributed by atoms with van der Waals surface area (Å²) in [7, 11) is -4.76. The second kappa shape index (κ2) is 28.0. The molecule has 0 N–H and O–H groups in total. The first-order valence-electron chi connectivity index (χ1n) is 28.4. The van der Waals surface area contributed by atoms with Crippen molar-refractivity contribution in [3.63, 3.8) is 0 Å². The maximum atomic E-state index is 12.6. The summed E-state index contributed by atoms with van der Waals surface area (Å²) < 4.78 is 39.6. The summed E-state index contributed by atoms with van der Waals surface area (Å²) in [4.78, 5) is 42.7. The van der Waals surface area contributed by atoms with Crippen molar-refractivity contribution in [1.82, 2.24) is 39.0 Å². The molecule has 0 unspecified atom stereocenters. The molecular weight excluding hydrogens is 1050 g/mol. The third-order valence-electron chi connectivity index (χ3n) is 13.1. The average Bonchev–Trinajstić information content (AvgIpc) is 4.04. The van der Waals surface area contributed by atoms with Crippen molar-refractivity contribution in [2.75, 3.05) is 89.3 Å². The zero-order valence-electron chi connectivity index (χ0n) is 51.3. The fraction of sp³-hybridized carbons (Fsp3) is 0.714. The van der Waals surface area contributed by atoms with Gasteiger partial charge in [0.15, 0.2) is 11.3 Å². The number of fused-ring (bicyclic) bond motifs is 2. The van der Waals surface area contributed by atoms with Gasteiger partial charge in [0.1, 0.15) is 49.8 Å². The summed E-state index contributed by atoms with van der Waals surface area (Å²) in [6, 6.07) is 12.5. The van der Waals surface area contributed by atoms with E-state index in [1.165, 1.54) is 0 Å². The number of hydrogen-bond acceptors (Lipinski definition) is 14. The van der Waals surface area contributed by atoms with Gasteiger partial charge in [-0.2, -0.15) is 19.2 Å².